The van der Waals surface area contributed by atoms with Gasteiger partial charge in [0.1, 0.15) is 18.4 Å². The van der Waals surface area contributed by atoms with Crippen LogP contribution in [-0.2, 0) is 4.74 Å². The predicted molar refractivity (Wildman–Crippen MR) is 55.0 cm³/mol. The lowest BCUT2D eigenvalue weighted by atomic mass is 10.2. The fourth-order valence-electron chi connectivity index (χ4n) is 1.73. The minimum atomic E-state index is 0.0790. The summed E-state index contributed by atoms with van der Waals surface area (Å²) >= 11 is 0. The van der Waals surface area contributed by atoms with E-state index in [0.717, 1.165) is 19.7 Å². The van der Waals surface area contributed by atoms with Crippen molar-refractivity contribution in [3.63, 3.8) is 0 Å². The maximum atomic E-state index is 5.74. The van der Waals surface area contributed by atoms with Crippen molar-refractivity contribution in [1.29, 1.82) is 0 Å². The fourth-order valence-corrected chi connectivity index (χ4v) is 1.73. The van der Waals surface area contributed by atoms with Gasteiger partial charge in [-0.2, -0.15) is 0 Å². The van der Waals surface area contributed by atoms with E-state index in [4.69, 9.17) is 4.74 Å². The Balaban J connectivity index is 1.79. The van der Waals surface area contributed by atoms with Crippen LogP contribution in [0.15, 0.2) is 4.99 Å². The lowest BCUT2D eigenvalue weighted by Crippen LogP contribution is -2.63. The van der Waals surface area contributed by atoms with Crippen LogP contribution in [0.1, 0.15) is 19.8 Å². The van der Waals surface area contributed by atoms with Crippen molar-refractivity contribution in [3.8, 4) is 0 Å². The van der Waals surface area contributed by atoms with Crippen LogP contribution in [0, 0.1) is 0 Å². The van der Waals surface area contributed by atoms with Gasteiger partial charge < -0.3 is 10.1 Å². The van der Waals surface area contributed by atoms with Crippen LogP contribution in [0.5, 0.6) is 0 Å². The molecule has 2 aliphatic heterocycles. The molecule has 2 aliphatic rings. The molecular weight excluding hydrogens is 180 g/mol. The van der Waals surface area contributed by atoms with Crippen molar-refractivity contribution < 1.29 is 4.74 Å². The summed E-state index contributed by atoms with van der Waals surface area (Å²) in [6, 6.07) is 0.237. The van der Waals surface area contributed by atoms with Gasteiger partial charge in [-0.15, -0.1) is 0 Å². The topological polar surface area (TPSA) is 57.7 Å². The lowest BCUT2D eigenvalue weighted by molar-refractivity contribution is -0.0151. The van der Waals surface area contributed by atoms with Crippen molar-refractivity contribution in [2.45, 2.75) is 38.2 Å². The second kappa shape index (κ2) is 4.72. The monoisotopic (exact) mass is 198 g/mol. The normalized spacial score (nSPS) is 35.4. The van der Waals surface area contributed by atoms with E-state index in [0.29, 0.717) is 0 Å². The van der Waals surface area contributed by atoms with Gasteiger partial charge in [-0.05, 0) is 6.42 Å². The Morgan fingerprint density at radius 3 is 3.29 bits per heavy atom. The number of fused-ring (bicyclic) bond motifs is 1. The molecule has 3 unspecified atom stereocenters. The molecule has 1 saturated heterocycles. The summed E-state index contributed by atoms with van der Waals surface area (Å²) in [6.45, 7) is 3.75. The Hall–Kier alpha value is -0.650. The molecule has 14 heavy (non-hydrogen) atoms. The molecule has 3 atom stereocenters. The predicted octanol–water partition coefficient (Wildman–Crippen LogP) is -0.394. The molecule has 2 heterocycles. The third-order valence-corrected chi connectivity index (χ3v) is 2.58. The number of unbranched alkanes of at least 4 members (excludes halogenated alkanes) is 1. The summed E-state index contributed by atoms with van der Waals surface area (Å²) in [5, 5.41) is 9.72. The van der Waals surface area contributed by atoms with Crippen LogP contribution in [0.2, 0.25) is 0 Å². The maximum absolute atomic E-state index is 5.74. The number of hydrogen-bond donors (Lipinski definition) is 3. The van der Waals surface area contributed by atoms with E-state index in [9.17, 15) is 0 Å². The van der Waals surface area contributed by atoms with E-state index in [1.165, 1.54) is 6.42 Å². The van der Waals surface area contributed by atoms with Crippen LogP contribution in [0.4, 0.5) is 0 Å². The molecular formula is C9H18N4O. The summed E-state index contributed by atoms with van der Waals surface area (Å²) in [4.78, 5) is 4.27. The third-order valence-electron chi connectivity index (χ3n) is 2.58. The number of ether oxygens (including phenoxy) is 1. The Labute approximate surface area is 84.3 Å². The zero-order valence-electron chi connectivity index (χ0n) is 8.49. The quantitative estimate of drug-likeness (QED) is 0.538. The Morgan fingerprint density at radius 1 is 1.50 bits per heavy atom. The van der Waals surface area contributed by atoms with E-state index >= 15 is 0 Å². The molecule has 5 nitrogen and oxygen atoms in total. The van der Waals surface area contributed by atoms with E-state index in [-0.39, 0.29) is 18.4 Å². The van der Waals surface area contributed by atoms with Gasteiger partial charge in [0.05, 0.1) is 6.34 Å². The minimum Gasteiger partial charge on any atom is -0.366 e. The first kappa shape index (κ1) is 9.89. The van der Waals surface area contributed by atoms with Gasteiger partial charge in [0, 0.05) is 13.3 Å². The second-order valence-corrected chi connectivity index (χ2v) is 3.65. The molecule has 3 N–H and O–H groups in total. The zero-order valence-corrected chi connectivity index (χ0v) is 8.49. The van der Waals surface area contributed by atoms with Gasteiger partial charge in [0.25, 0.3) is 0 Å². The van der Waals surface area contributed by atoms with Gasteiger partial charge in [-0.3, -0.25) is 15.6 Å². The van der Waals surface area contributed by atoms with Crippen molar-refractivity contribution in [3.05, 3.63) is 0 Å². The number of nitrogens with zero attached hydrogens (tertiary/aromatic N) is 1. The van der Waals surface area contributed by atoms with Gasteiger partial charge in [0.15, 0.2) is 0 Å². The second-order valence-electron chi connectivity index (χ2n) is 3.65. The van der Waals surface area contributed by atoms with Gasteiger partial charge in [0.2, 0.25) is 0 Å². The minimum absolute atomic E-state index is 0.0790. The average molecular weight is 198 g/mol. The summed E-state index contributed by atoms with van der Waals surface area (Å²) in [5.41, 5.74) is 0. The molecule has 0 aromatic heterocycles. The fraction of sp³-hybridized carbons (Fsp3) is 0.889. The first-order chi connectivity index (χ1) is 6.92. The molecule has 0 radical (unpaired) electrons. The highest BCUT2D eigenvalue weighted by atomic mass is 16.5. The molecule has 0 aliphatic carbocycles. The molecule has 0 aromatic carbocycles. The Morgan fingerprint density at radius 2 is 2.43 bits per heavy atom. The summed E-state index contributed by atoms with van der Waals surface area (Å²) in [5.74, 6) is 0. The Kier molecular flexibility index (Phi) is 3.34. The molecule has 2 rings (SSSR count). The molecule has 1 fully saturated rings. The van der Waals surface area contributed by atoms with Crippen molar-refractivity contribution in [1.82, 2.24) is 16.0 Å². The third kappa shape index (κ3) is 2.05. The average Bonchev–Trinajstić information content (AvgIpc) is 2.67. The number of rotatable bonds is 4. The first-order valence-corrected chi connectivity index (χ1v) is 5.28. The highest BCUT2D eigenvalue weighted by Gasteiger charge is 2.35. The highest BCUT2D eigenvalue weighted by molar-refractivity contribution is 5.58. The molecule has 0 amide bonds. The van der Waals surface area contributed by atoms with Crippen molar-refractivity contribution >= 4 is 6.34 Å². The first-order valence-electron chi connectivity index (χ1n) is 5.28. The molecule has 0 saturated carbocycles. The molecule has 80 valence electrons. The summed E-state index contributed by atoms with van der Waals surface area (Å²) < 4.78 is 5.74. The van der Waals surface area contributed by atoms with Crippen LogP contribution in [0.25, 0.3) is 0 Å². The van der Waals surface area contributed by atoms with Gasteiger partial charge in [-0.25, -0.2) is 0 Å². The molecule has 5 heteroatoms. The van der Waals surface area contributed by atoms with E-state index in [1.54, 1.807) is 6.34 Å². The van der Waals surface area contributed by atoms with E-state index in [2.05, 4.69) is 27.9 Å². The summed E-state index contributed by atoms with van der Waals surface area (Å²) in [6.07, 6.45) is 4.29. The number of hydrogen-bond acceptors (Lipinski definition) is 5. The van der Waals surface area contributed by atoms with Crippen LogP contribution in [0.3, 0.4) is 0 Å². The summed E-state index contributed by atoms with van der Waals surface area (Å²) in [7, 11) is 0. The molecule has 0 aromatic rings. The highest BCUT2D eigenvalue weighted by Crippen LogP contribution is 2.10. The number of aliphatic imine (C=N–C) groups is 1. The molecule has 0 spiro atoms. The smallest absolute Gasteiger partial charge is 0.132 e. The molecule has 0 bridgehead atoms. The largest absolute Gasteiger partial charge is 0.366 e. The van der Waals surface area contributed by atoms with Crippen LogP contribution >= 0.6 is 0 Å². The maximum Gasteiger partial charge on any atom is 0.132 e. The van der Waals surface area contributed by atoms with Gasteiger partial charge >= 0.3 is 0 Å². The number of nitrogens with one attached hydrogen (secondary N) is 3. The van der Waals surface area contributed by atoms with Crippen LogP contribution in [-0.4, -0.2) is 38.0 Å². The van der Waals surface area contributed by atoms with Crippen molar-refractivity contribution in [2.24, 2.45) is 4.99 Å². The van der Waals surface area contributed by atoms with Crippen LogP contribution < -0.4 is 16.0 Å². The zero-order chi connectivity index (χ0) is 9.80. The van der Waals surface area contributed by atoms with Crippen molar-refractivity contribution in [2.75, 3.05) is 13.3 Å². The van der Waals surface area contributed by atoms with Gasteiger partial charge in [-0.1, -0.05) is 13.3 Å². The lowest BCUT2D eigenvalue weighted by Gasteiger charge is -2.34. The Bertz CT molecular complexity index is 209. The standard InChI is InChI=1S/C9H18N4O/c1-2-3-4-14-9-7-8(11-5-10-7)12-6-13-9/h5,7-9,12-13H,2-4,6H2,1H3,(H,10,11). The SMILES string of the molecule is CCCCOC1NCNC2N=CNC21. The van der Waals surface area contributed by atoms with E-state index in [1.807, 2.05) is 0 Å². The van der Waals surface area contributed by atoms with E-state index < -0.39 is 0 Å².